The molecule has 1 aliphatic rings. The number of rotatable bonds is 8. The highest BCUT2D eigenvalue weighted by molar-refractivity contribution is 7.10. The van der Waals surface area contributed by atoms with Crippen molar-refractivity contribution in [1.82, 2.24) is 5.32 Å². The summed E-state index contributed by atoms with van der Waals surface area (Å²) in [5.74, 6) is 0.221. The third kappa shape index (κ3) is 4.32. The van der Waals surface area contributed by atoms with Crippen molar-refractivity contribution in [3.8, 4) is 6.07 Å². The van der Waals surface area contributed by atoms with Crippen molar-refractivity contribution in [2.45, 2.75) is 44.7 Å². The van der Waals surface area contributed by atoms with Gasteiger partial charge >= 0.3 is 0 Å². The van der Waals surface area contributed by atoms with Crippen LogP contribution in [0.25, 0.3) is 0 Å². The van der Waals surface area contributed by atoms with Crippen LogP contribution in [0.15, 0.2) is 41.8 Å². The maximum absolute atomic E-state index is 12.5. The van der Waals surface area contributed by atoms with Crippen molar-refractivity contribution < 1.29 is 10.1 Å². The molecule has 3 rings (SSSR count). The zero-order valence-corrected chi connectivity index (χ0v) is 16.2. The minimum atomic E-state index is -0.730. The maximum atomic E-state index is 12.5. The normalized spacial score (nSPS) is 17.1. The third-order valence-electron chi connectivity index (χ3n) is 5.16. The second-order valence-electron chi connectivity index (χ2n) is 7.16. The van der Waals surface area contributed by atoms with Crippen LogP contribution < -0.4 is 10.6 Å². The van der Waals surface area contributed by atoms with Crippen LogP contribution in [-0.2, 0) is 11.2 Å². The molecule has 0 spiro atoms. The Balaban J connectivity index is 1.68. The molecule has 4 nitrogen and oxygen atoms in total. The molecule has 0 saturated heterocycles. The molecule has 0 unspecified atom stereocenters. The number of nitrogens with one attached hydrogen (secondary N) is 1. The van der Waals surface area contributed by atoms with Crippen molar-refractivity contribution in [2.75, 3.05) is 6.54 Å². The summed E-state index contributed by atoms with van der Waals surface area (Å²) in [7, 11) is 0. The lowest BCUT2D eigenvalue weighted by molar-refractivity contribution is -0.676. The van der Waals surface area contributed by atoms with E-state index in [-0.39, 0.29) is 11.9 Å². The Kier molecular flexibility index (Phi) is 5.75. The van der Waals surface area contributed by atoms with Gasteiger partial charge in [-0.2, -0.15) is 5.26 Å². The van der Waals surface area contributed by atoms with Gasteiger partial charge in [0.15, 0.2) is 6.54 Å². The standard InChI is InChI=1S/C21H25N3OS/c1-3-15-6-8-16(9-7-15)20(18-5-4-12-26-18)23-13-19(25)24-21(2,14-22)17-10-11-17/h4-9,12,17,20,23H,3,10-11,13H2,1-2H3,(H,24,25)/p+1/t20-,21+/m0/s1. The van der Waals surface area contributed by atoms with Gasteiger partial charge in [-0.1, -0.05) is 37.3 Å². The van der Waals surface area contributed by atoms with Gasteiger partial charge in [-0.05, 0) is 49.1 Å². The van der Waals surface area contributed by atoms with Gasteiger partial charge in [0.1, 0.15) is 11.6 Å². The van der Waals surface area contributed by atoms with Crippen LogP contribution in [0.5, 0.6) is 0 Å². The van der Waals surface area contributed by atoms with Crippen LogP contribution in [0.4, 0.5) is 0 Å². The molecular formula is C21H26N3OS+. The van der Waals surface area contributed by atoms with Gasteiger partial charge in [0, 0.05) is 5.56 Å². The van der Waals surface area contributed by atoms with E-state index in [1.165, 1.54) is 16.0 Å². The van der Waals surface area contributed by atoms with Gasteiger partial charge in [-0.25, -0.2) is 0 Å². The monoisotopic (exact) mass is 368 g/mol. The summed E-state index contributed by atoms with van der Waals surface area (Å²) < 4.78 is 0. The van der Waals surface area contributed by atoms with Crippen molar-refractivity contribution >= 4 is 17.2 Å². The van der Waals surface area contributed by atoms with Crippen LogP contribution in [0.2, 0.25) is 0 Å². The molecule has 1 aromatic carbocycles. The molecule has 1 fully saturated rings. The van der Waals surface area contributed by atoms with Crippen LogP contribution in [0.3, 0.4) is 0 Å². The Hall–Kier alpha value is -2.16. The van der Waals surface area contributed by atoms with Gasteiger partial charge in [0.2, 0.25) is 0 Å². The highest BCUT2D eigenvalue weighted by Crippen LogP contribution is 2.39. The summed E-state index contributed by atoms with van der Waals surface area (Å²) in [6, 6.07) is 15.2. The zero-order chi connectivity index (χ0) is 18.6. The molecule has 1 aromatic heterocycles. The predicted molar refractivity (Wildman–Crippen MR) is 104 cm³/mol. The number of carbonyl (C=O) groups is 1. The molecular weight excluding hydrogens is 342 g/mol. The van der Waals surface area contributed by atoms with E-state index in [4.69, 9.17) is 0 Å². The lowest BCUT2D eigenvalue weighted by Gasteiger charge is -2.23. The Morgan fingerprint density at radius 1 is 1.38 bits per heavy atom. The average molecular weight is 369 g/mol. The fourth-order valence-electron chi connectivity index (χ4n) is 3.29. The zero-order valence-electron chi connectivity index (χ0n) is 15.4. The number of nitrogens with two attached hydrogens (primary N) is 1. The van der Waals surface area contributed by atoms with E-state index in [2.05, 4.69) is 59.3 Å². The van der Waals surface area contributed by atoms with Crippen LogP contribution >= 0.6 is 11.3 Å². The van der Waals surface area contributed by atoms with Gasteiger partial charge in [0.25, 0.3) is 5.91 Å². The highest BCUT2D eigenvalue weighted by atomic mass is 32.1. The SMILES string of the molecule is CCc1ccc([C@H]([NH2+]CC(=O)N[C@](C)(C#N)C2CC2)c2cccs2)cc1. The van der Waals surface area contributed by atoms with E-state index in [0.717, 1.165) is 19.3 Å². The molecule has 3 N–H and O–H groups in total. The van der Waals surface area contributed by atoms with E-state index >= 15 is 0 Å². The van der Waals surface area contributed by atoms with Crippen LogP contribution in [0.1, 0.15) is 48.7 Å². The first-order valence-corrected chi connectivity index (χ1v) is 10.1. The first-order valence-electron chi connectivity index (χ1n) is 9.23. The van der Waals surface area contributed by atoms with Crippen molar-refractivity contribution in [1.29, 1.82) is 5.26 Å². The molecule has 1 amide bonds. The van der Waals surface area contributed by atoms with Crippen molar-refractivity contribution in [2.24, 2.45) is 5.92 Å². The number of nitriles is 1. The Labute approximate surface area is 159 Å². The third-order valence-corrected chi connectivity index (χ3v) is 6.12. The number of thiophene rings is 1. The fourth-order valence-corrected chi connectivity index (χ4v) is 4.14. The van der Waals surface area contributed by atoms with E-state index in [1.807, 2.05) is 13.0 Å². The van der Waals surface area contributed by atoms with Crippen LogP contribution in [-0.4, -0.2) is 18.0 Å². The number of aryl methyl sites for hydroxylation is 1. The van der Waals surface area contributed by atoms with Gasteiger partial charge < -0.3 is 10.6 Å². The molecule has 2 aromatic rings. The molecule has 0 radical (unpaired) electrons. The molecule has 1 heterocycles. The molecule has 2 atom stereocenters. The van der Waals surface area contributed by atoms with E-state index in [0.29, 0.717) is 12.5 Å². The second kappa shape index (κ2) is 8.03. The largest absolute Gasteiger partial charge is 0.333 e. The van der Waals surface area contributed by atoms with Crippen molar-refractivity contribution in [3.05, 3.63) is 57.8 Å². The number of benzene rings is 1. The molecule has 5 heteroatoms. The summed E-state index contributed by atoms with van der Waals surface area (Å²) >= 11 is 1.70. The minimum Gasteiger partial charge on any atom is -0.333 e. The number of hydrogen-bond donors (Lipinski definition) is 2. The van der Waals surface area contributed by atoms with E-state index < -0.39 is 5.54 Å². The summed E-state index contributed by atoms with van der Waals surface area (Å²) in [6.07, 6.45) is 3.06. The van der Waals surface area contributed by atoms with Gasteiger partial charge in [-0.15, -0.1) is 11.3 Å². The Morgan fingerprint density at radius 2 is 2.12 bits per heavy atom. The molecule has 136 valence electrons. The smallest absolute Gasteiger partial charge is 0.276 e. The summed E-state index contributed by atoms with van der Waals surface area (Å²) in [6.45, 7) is 4.29. The summed E-state index contributed by atoms with van der Waals surface area (Å²) in [5, 5.41) is 16.5. The molecule has 0 bridgehead atoms. The van der Waals surface area contributed by atoms with Crippen molar-refractivity contribution in [3.63, 3.8) is 0 Å². The lowest BCUT2D eigenvalue weighted by Crippen LogP contribution is -2.88. The number of amides is 1. The first-order chi connectivity index (χ1) is 12.6. The number of hydrogen-bond acceptors (Lipinski definition) is 3. The number of carbonyl (C=O) groups excluding carboxylic acids is 1. The number of quaternary nitrogens is 1. The van der Waals surface area contributed by atoms with Gasteiger partial charge in [-0.3, -0.25) is 4.79 Å². The topological polar surface area (TPSA) is 69.5 Å². The second-order valence-corrected chi connectivity index (χ2v) is 8.14. The minimum absolute atomic E-state index is 0.0762. The molecule has 26 heavy (non-hydrogen) atoms. The maximum Gasteiger partial charge on any atom is 0.276 e. The quantitative estimate of drug-likeness (QED) is 0.752. The lowest BCUT2D eigenvalue weighted by atomic mass is 9.98. The van der Waals surface area contributed by atoms with Gasteiger partial charge in [0.05, 0.1) is 10.9 Å². The fraction of sp³-hybridized carbons (Fsp3) is 0.429. The van der Waals surface area contributed by atoms with Crippen LogP contribution in [0, 0.1) is 17.2 Å². The van der Waals surface area contributed by atoms with E-state index in [1.54, 1.807) is 11.3 Å². The molecule has 0 aliphatic heterocycles. The first kappa shape index (κ1) is 18.6. The predicted octanol–water partition coefficient (Wildman–Crippen LogP) is 2.77. The molecule has 1 aliphatic carbocycles. The number of nitrogens with zero attached hydrogens (tertiary/aromatic N) is 1. The Bertz CT molecular complexity index is 775. The van der Waals surface area contributed by atoms with E-state index in [9.17, 15) is 10.1 Å². The summed E-state index contributed by atoms with van der Waals surface area (Å²) in [4.78, 5) is 13.7. The molecule has 1 saturated carbocycles. The average Bonchev–Trinajstić information content (AvgIpc) is 3.39. The Morgan fingerprint density at radius 3 is 2.65 bits per heavy atom. The summed E-state index contributed by atoms with van der Waals surface area (Å²) in [5.41, 5.74) is 1.78. The highest BCUT2D eigenvalue weighted by Gasteiger charge is 2.43.